The summed E-state index contributed by atoms with van der Waals surface area (Å²) in [7, 11) is 0. The Hall–Kier alpha value is -1.71. The number of hydrogen-bond donors (Lipinski definition) is 0. The third-order valence-electron chi connectivity index (χ3n) is 5.91. The van der Waals surface area contributed by atoms with Gasteiger partial charge in [0.1, 0.15) is 4.83 Å². The summed E-state index contributed by atoms with van der Waals surface area (Å²) in [6.45, 7) is 7.49. The highest BCUT2D eigenvalue weighted by molar-refractivity contribution is 7.98. The minimum Gasteiger partial charge on any atom is -0.376 e. The molecule has 3 aromatic heterocycles. The van der Waals surface area contributed by atoms with E-state index in [1.54, 1.807) is 11.3 Å². The molecule has 166 valence electrons. The molecule has 2 aliphatic rings. The lowest BCUT2D eigenvalue weighted by atomic mass is 9.96. The fourth-order valence-corrected chi connectivity index (χ4v) is 6.38. The van der Waals surface area contributed by atoms with E-state index in [4.69, 9.17) is 14.2 Å². The Kier molecular flexibility index (Phi) is 5.68. The molecule has 0 bridgehead atoms. The zero-order valence-electron chi connectivity index (χ0n) is 18.3. The van der Waals surface area contributed by atoms with Crippen LogP contribution in [0.15, 0.2) is 14.5 Å². The molecule has 0 amide bonds. The van der Waals surface area contributed by atoms with Gasteiger partial charge in [0.05, 0.1) is 23.8 Å². The molecule has 1 fully saturated rings. The van der Waals surface area contributed by atoms with Crippen molar-refractivity contribution >= 4 is 33.3 Å². The summed E-state index contributed by atoms with van der Waals surface area (Å²) in [6, 6.07) is 0. The predicted molar refractivity (Wildman–Crippen MR) is 122 cm³/mol. The number of aromatic nitrogens is 4. The van der Waals surface area contributed by atoms with Crippen LogP contribution in [0.25, 0.3) is 10.2 Å². The van der Waals surface area contributed by atoms with Crippen LogP contribution in [0.1, 0.15) is 68.6 Å². The predicted octanol–water partition coefficient (Wildman–Crippen LogP) is 4.49. The maximum atomic E-state index is 13.6. The molecule has 0 N–H and O–H groups in total. The van der Waals surface area contributed by atoms with E-state index in [0.717, 1.165) is 48.9 Å². The van der Waals surface area contributed by atoms with Crippen LogP contribution in [0, 0.1) is 0 Å². The average Bonchev–Trinajstić information content (AvgIpc) is 3.47. The minimum absolute atomic E-state index is 0.0710. The van der Waals surface area contributed by atoms with Crippen molar-refractivity contribution in [3.05, 3.63) is 32.5 Å². The van der Waals surface area contributed by atoms with Gasteiger partial charge in [-0.3, -0.25) is 9.36 Å². The van der Waals surface area contributed by atoms with Crippen molar-refractivity contribution in [2.75, 3.05) is 6.61 Å². The van der Waals surface area contributed by atoms with Gasteiger partial charge in [-0.1, -0.05) is 37.7 Å². The summed E-state index contributed by atoms with van der Waals surface area (Å²) < 4.78 is 13.1. The SMILES string of the molecule is CC(C)(C)c1noc(CSc2nc3sc4c(c3c(=O)n2CC2CCCO2)CCCC4)n1. The molecular formula is C22H28N4O3S2. The van der Waals surface area contributed by atoms with E-state index in [-0.39, 0.29) is 17.1 Å². The largest absolute Gasteiger partial charge is 0.376 e. The lowest BCUT2D eigenvalue weighted by Gasteiger charge is -2.16. The third-order valence-corrected chi connectivity index (χ3v) is 8.06. The van der Waals surface area contributed by atoms with Gasteiger partial charge in [-0.2, -0.15) is 4.98 Å². The maximum Gasteiger partial charge on any atom is 0.263 e. The molecule has 1 unspecified atom stereocenters. The van der Waals surface area contributed by atoms with Crippen LogP contribution >= 0.6 is 23.1 Å². The molecule has 3 aromatic rings. The molecular weight excluding hydrogens is 432 g/mol. The number of thioether (sulfide) groups is 1. The molecule has 7 nitrogen and oxygen atoms in total. The second-order valence-electron chi connectivity index (χ2n) is 9.39. The summed E-state index contributed by atoms with van der Waals surface area (Å²) >= 11 is 3.18. The Bertz CT molecular complexity index is 1150. The summed E-state index contributed by atoms with van der Waals surface area (Å²) in [5.74, 6) is 1.73. The molecule has 0 saturated carbocycles. The number of fused-ring (bicyclic) bond motifs is 3. The van der Waals surface area contributed by atoms with Crippen molar-refractivity contribution < 1.29 is 9.26 Å². The zero-order valence-corrected chi connectivity index (χ0v) is 19.9. The molecule has 0 aromatic carbocycles. The summed E-state index contributed by atoms with van der Waals surface area (Å²) in [5, 5.41) is 5.65. The van der Waals surface area contributed by atoms with Gasteiger partial charge in [0.2, 0.25) is 5.89 Å². The quantitative estimate of drug-likeness (QED) is 0.410. The number of thiophene rings is 1. The fourth-order valence-electron chi connectivity index (χ4n) is 4.23. The van der Waals surface area contributed by atoms with Gasteiger partial charge < -0.3 is 9.26 Å². The molecule has 5 rings (SSSR count). The Labute approximate surface area is 189 Å². The van der Waals surface area contributed by atoms with Gasteiger partial charge in [0, 0.05) is 16.9 Å². The summed E-state index contributed by atoms with van der Waals surface area (Å²) in [6.07, 6.45) is 6.48. The van der Waals surface area contributed by atoms with E-state index in [0.29, 0.717) is 29.2 Å². The van der Waals surface area contributed by atoms with Crippen molar-refractivity contribution in [3.8, 4) is 0 Å². The van der Waals surface area contributed by atoms with Crippen molar-refractivity contribution in [1.29, 1.82) is 0 Å². The molecule has 1 aliphatic heterocycles. The van der Waals surface area contributed by atoms with Crippen LogP contribution in [0.5, 0.6) is 0 Å². The monoisotopic (exact) mass is 460 g/mol. The molecule has 1 saturated heterocycles. The van der Waals surface area contributed by atoms with Gasteiger partial charge in [0.15, 0.2) is 11.0 Å². The lowest BCUT2D eigenvalue weighted by molar-refractivity contribution is 0.0937. The van der Waals surface area contributed by atoms with E-state index in [1.165, 1.54) is 28.6 Å². The summed E-state index contributed by atoms with van der Waals surface area (Å²) in [4.78, 5) is 25.3. The fraction of sp³-hybridized carbons (Fsp3) is 0.636. The number of aryl methyl sites for hydroxylation is 2. The lowest BCUT2D eigenvalue weighted by Crippen LogP contribution is -2.29. The Morgan fingerprint density at radius 3 is 2.77 bits per heavy atom. The highest BCUT2D eigenvalue weighted by Crippen LogP contribution is 2.35. The second-order valence-corrected chi connectivity index (χ2v) is 11.4. The first-order valence-electron chi connectivity index (χ1n) is 11.0. The van der Waals surface area contributed by atoms with E-state index >= 15 is 0 Å². The number of ether oxygens (including phenoxy) is 1. The molecule has 9 heteroatoms. The molecule has 1 aliphatic carbocycles. The number of rotatable bonds is 5. The average molecular weight is 461 g/mol. The van der Waals surface area contributed by atoms with Crippen molar-refractivity contribution in [3.63, 3.8) is 0 Å². The second kappa shape index (κ2) is 8.33. The van der Waals surface area contributed by atoms with Crippen LogP contribution in [0.4, 0.5) is 0 Å². The Morgan fingerprint density at radius 1 is 1.19 bits per heavy atom. The van der Waals surface area contributed by atoms with Crippen LogP contribution in [0.3, 0.4) is 0 Å². The first-order chi connectivity index (χ1) is 14.9. The highest BCUT2D eigenvalue weighted by atomic mass is 32.2. The highest BCUT2D eigenvalue weighted by Gasteiger charge is 2.26. The number of hydrogen-bond acceptors (Lipinski definition) is 8. The van der Waals surface area contributed by atoms with Crippen molar-refractivity contribution in [2.24, 2.45) is 0 Å². The standard InChI is InChI=1S/C22H28N4O3S2/c1-22(2,3)20-23-16(29-25-20)12-30-21-24-18-17(14-8-4-5-9-15(14)31-18)19(27)26(21)11-13-7-6-10-28-13/h13H,4-12H2,1-3H3. The third kappa shape index (κ3) is 4.19. The van der Waals surface area contributed by atoms with Gasteiger partial charge in [-0.25, -0.2) is 4.98 Å². The topological polar surface area (TPSA) is 83.0 Å². The normalized spacial score (nSPS) is 19.3. The maximum absolute atomic E-state index is 13.6. The minimum atomic E-state index is -0.165. The smallest absolute Gasteiger partial charge is 0.263 e. The van der Waals surface area contributed by atoms with Crippen molar-refractivity contribution in [2.45, 2.75) is 88.3 Å². The van der Waals surface area contributed by atoms with Gasteiger partial charge in [-0.05, 0) is 44.1 Å². The van der Waals surface area contributed by atoms with Gasteiger partial charge in [-0.15, -0.1) is 11.3 Å². The Balaban J connectivity index is 1.50. The first-order valence-corrected chi connectivity index (χ1v) is 12.8. The zero-order chi connectivity index (χ0) is 21.6. The van der Waals surface area contributed by atoms with Crippen LogP contribution in [-0.2, 0) is 35.3 Å². The van der Waals surface area contributed by atoms with Crippen LogP contribution < -0.4 is 5.56 Å². The van der Waals surface area contributed by atoms with E-state index in [9.17, 15) is 4.79 Å². The van der Waals surface area contributed by atoms with Crippen molar-refractivity contribution in [1.82, 2.24) is 19.7 Å². The van der Waals surface area contributed by atoms with Crippen LogP contribution in [0.2, 0.25) is 0 Å². The molecule has 4 heterocycles. The Morgan fingerprint density at radius 2 is 2.03 bits per heavy atom. The van der Waals surface area contributed by atoms with Gasteiger partial charge >= 0.3 is 0 Å². The van der Waals surface area contributed by atoms with Crippen LogP contribution in [-0.4, -0.2) is 32.4 Å². The van der Waals surface area contributed by atoms with Gasteiger partial charge in [0.25, 0.3) is 5.56 Å². The van der Waals surface area contributed by atoms with E-state index in [2.05, 4.69) is 30.9 Å². The van der Waals surface area contributed by atoms with E-state index < -0.39 is 0 Å². The molecule has 1 atom stereocenters. The first kappa shape index (κ1) is 21.2. The number of nitrogens with zero attached hydrogens (tertiary/aromatic N) is 4. The summed E-state index contributed by atoms with van der Waals surface area (Å²) in [5.41, 5.74) is 1.14. The molecule has 0 spiro atoms. The molecule has 0 radical (unpaired) electrons. The molecule has 31 heavy (non-hydrogen) atoms. The van der Waals surface area contributed by atoms with E-state index in [1.807, 2.05) is 4.57 Å².